The third-order valence-electron chi connectivity index (χ3n) is 3.85. The van der Waals surface area contributed by atoms with Crippen LogP contribution in [0.15, 0.2) is 47.1 Å². The van der Waals surface area contributed by atoms with Crippen LogP contribution in [0.4, 0.5) is 5.69 Å². The molecule has 0 radical (unpaired) electrons. The smallest absolute Gasteiger partial charge is 0.286 e. The van der Waals surface area contributed by atoms with Crippen LogP contribution in [0.2, 0.25) is 0 Å². The maximum Gasteiger partial charge on any atom is 0.286 e. The summed E-state index contributed by atoms with van der Waals surface area (Å²) in [5.74, 6) is -0.236. The molecule has 0 bridgehead atoms. The van der Waals surface area contributed by atoms with Gasteiger partial charge in [-0.1, -0.05) is 18.2 Å². The third kappa shape index (κ3) is 5.77. The van der Waals surface area contributed by atoms with Gasteiger partial charge in [-0.15, -0.1) is 0 Å². The average molecular weight is 357 g/mol. The Kier molecular flexibility index (Phi) is 6.96. The summed E-state index contributed by atoms with van der Waals surface area (Å²) in [6.07, 6.45) is 2.21. The van der Waals surface area contributed by atoms with E-state index in [4.69, 9.17) is 4.42 Å². The number of amides is 3. The van der Waals surface area contributed by atoms with E-state index < -0.39 is 0 Å². The zero-order chi connectivity index (χ0) is 18.9. The number of anilines is 1. The van der Waals surface area contributed by atoms with Gasteiger partial charge in [0.25, 0.3) is 5.91 Å². The zero-order valence-corrected chi connectivity index (χ0v) is 15.0. The molecular weight excluding hydrogens is 334 g/mol. The SMILES string of the molecule is CC(=O)N(C)Cc1ccccc1NC(=O)CCCNC(=O)c1ccco1. The molecule has 26 heavy (non-hydrogen) atoms. The number of benzene rings is 1. The summed E-state index contributed by atoms with van der Waals surface area (Å²) in [6.45, 7) is 2.30. The predicted molar refractivity (Wildman–Crippen MR) is 97.5 cm³/mol. The molecule has 0 aliphatic rings. The lowest BCUT2D eigenvalue weighted by Crippen LogP contribution is -2.25. The summed E-state index contributed by atoms with van der Waals surface area (Å²) in [5.41, 5.74) is 1.55. The molecule has 1 aromatic carbocycles. The highest BCUT2D eigenvalue weighted by Crippen LogP contribution is 2.17. The molecule has 0 aliphatic heterocycles. The number of hydrogen-bond acceptors (Lipinski definition) is 4. The number of carbonyl (C=O) groups excluding carboxylic acids is 3. The van der Waals surface area contributed by atoms with Crippen molar-refractivity contribution in [2.24, 2.45) is 0 Å². The molecule has 0 fully saturated rings. The van der Waals surface area contributed by atoms with Crippen LogP contribution in [0.3, 0.4) is 0 Å². The molecule has 138 valence electrons. The van der Waals surface area contributed by atoms with Crippen LogP contribution < -0.4 is 10.6 Å². The zero-order valence-electron chi connectivity index (χ0n) is 15.0. The van der Waals surface area contributed by atoms with Crippen molar-refractivity contribution in [2.75, 3.05) is 18.9 Å². The number of carbonyl (C=O) groups is 3. The largest absolute Gasteiger partial charge is 0.459 e. The molecule has 2 rings (SSSR count). The lowest BCUT2D eigenvalue weighted by Gasteiger charge is -2.18. The third-order valence-corrected chi connectivity index (χ3v) is 3.85. The van der Waals surface area contributed by atoms with E-state index >= 15 is 0 Å². The average Bonchev–Trinajstić information content (AvgIpc) is 3.15. The van der Waals surface area contributed by atoms with Crippen molar-refractivity contribution in [2.45, 2.75) is 26.3 Å². The van der Waals surface area contributed by atoms with E-state index in [1.54, 1.807) is 30.1 Å². The summed E-state index contributed by atoms with van der Waals surface area (Å²) in [6, 6.07) is 10.6. The highest BCUT2D eigenvalue weighted by Gasteiger charge is 2.11. The summed E-state index contributed by atoms with van der Waals surface area (Å²) in [4.78, 5) is 36.8. The molecule has 3 amide bonds. The van der Waals surface area contributed by atoms with Gasteiger partial charge in [-0.3, -0.25) is 14.4 Å². The molecule has 2 aromatic rings. The molecule has 1 heterocycles. The van der Waals surface area contributed by atoms with Gasteiger partial charge >= 0.3 is 0 Å². The molecule has 0 saturated heterocycles. The van der Waals surface area contributed by atoms with Crippen LogP contribution >= 0.6 is 0 Å². The van der Waals surface area contributed by atoms with E-state index in [1.807, 2.05) is 18.2 Å². The molecular formula is C19H23N3O4. The fraction of sp³-hybridized carbons (Fsp3) is 0.316. The Morgan fingerprint density at radius 2 is 1.88 bits per heavy atom. The van der Waals surface area contributed by atoms with E-state index in [9.17, 15) is 14.4 Å². The fourth-order valence-electron chi connectivity index (χ4n) is 2.31. The van der Waals surface area contributed by atoms with Gasteiger partial charge in [0.2, 0.25) is 11.8 Å². The lowest BCUT2D eigenvalue weighted by molar-refractivity contribution is -0.128. The van der Waals surface area contributed by atoms with E-state index in [2.05, 4.69) is 10.6 Å². The topological polar surface area (TPSA) is 91.7 Å². The van der Waals surface area contributed by atoms with Crippen molar-refractivity contribution < 1.29 is 18.8 Å². The van der Waals surface area contributed by atoms with Crippen molar-refractivity contribution in [1.29, 1.82) is 0 Å². The molecule has 0 saturated carbocycles. The van der Waals surface area contributed by atoms with Crippen molar-refractivity contribution >= 4 is 23.4 Å². The first-order valence-corrected chi connectivity index (χ1v) is 8.38. The van der Waals surface area contributed by atoms with Crippen molar-refractivity contribution in [3.8, 4) is 0 Å². The number of hydrogen-bond donors (Lipinski definition) is 2. The van der Waals surface area contributed by atoms with Crippen LogP contribution in [0.5, 0.6) is 0 Å². The quantitative estimate of drug-likeness (QED) is 0.710. The normalized spacial score (nSPS) is 10.2. The molecule has 0 spiro atoms. The van der Waals surface area contributed by atoms with Crippen LogP contribution in [-0.2, 0) is 16.1 Å². The van der Waals surface area contributed by atoms with Crippen molar-refractivity contribution in [3.05, 3.63) is 54.0 Å². The number of nitrogens with one attached hydrogen (secondary N) is 2. The van der Waals surface area contributed by atoms with E-state index in [1.165, 1.54) is 13.2 Å². The second-order valence-electron chi connectivity index (χ2n) is 5.92. The Balaban J connectivity index is 1.79. The van der Waals surface area contributed by atoms with Crippen molar-refractivity contribution in [1.82, 2.24) is 10.2 Å². The molecule has 0 unspecified atom stereocenters. The summed E-state index contributed by atoms with van der Waals surface area (Å²) in [7, 11) is 1.71. The van der Waals surface area contributed by atoms with Gasteiger partial charge < -0.3 is 20.0 Å². The number of para-hydroxylation sites is 1. The Morgan fingerprint density at radius 3 is 2.58 bits per heavy atom. The first kappa shape index (κ1) is 19.2. The van der Waals surface area contributed by atoms with Gasteiger partial charge in [-0.25, -0.2) is 0 Å². The summed E-state index contributed by atoms with van der Waals surface area (Å²) >= 11 is 0. The van der Waals surface area contributed by atoms with Crippen molar-refractivity contribution in [3.63, 3.8) is 0 Å². The van der Waals surface area contributed by atoms with Gasteiger partial charge in [0.1, 0.15) is 0 Å². The number of furan rings is 1. The molecule has 0 atom stereocenters. The minimum atomic E-state index is -0.298. The fourth-order valence-corrected chi connectivity index (χ4v) is 2.31. The van der Waals surface area contributed by atoms with Gasteiger partial charge in [0, 0.05) is 39.2 Å². The summed E-state index contributed by atoms with van der Waals surface area (Å²) < 4.78 is 4.99. The highest BCUT2D eigenvalue weighted by atomic mass is 16.3. The number of nitrogens with zero attached hydrogens (tertiary/aromatic N) is 1. The lowest BCUT2D eigenvalue weighted by atomic mass is 10.1. The van der Waals surface area contributed by atoms with E-state index in [-0.39, 0.29) is 29.9 Å². The minimum absolute atomic E-state index is 0.0431. The second-order valence-corrected chi connectivity index (χ2v) is 5.92. The first-order chi connectivity index (χ1) is 12.5. The van der Waals surface area contributed by atoms with Crippen LogP contribution in [0, 0.1) is 0 Å². The van der Waals surface area contributed by atoms with Crippen LogP contribution in [0.1, 0.15) is 35.9 Å². The van der Waals surface area contributed by atoms with E-state index in [0.29, 0.717) is 25.2 Å². The maximum absolute atomic E-state index is 12.1. The monoisotopic (exact) mass is 357 g/mol. The Hall–Kier alpha value is -3.09. The van der Waals surface area contributed by atoms with Gasteiger partial charge in [0.05, 0.1) is 6.26 Å². The van der Waals surface area contributed by atoms with E-state index in [0.717, 1.165) is 5.56 Å². The van der Waals surface area contributed by atoms with Crippen LogP contribution in [-0.4, -0.2) is 36.2 Å². The second kappa shape index (κ2) is 9.41. The molecule has 1 aromatic heterocycles. The Labute approximate surface area is 152 Å². The Morgan fingerprint density at radius 1 is 1.12 bits per heavy atom. The standard InChI is InChI=1S/C19H23N3O4/c1-14(23)22(2)13-15-7-3-4-8-16(15)21-18(24)10-5-11-20-19(25)17-9-6-12-26-17/h3-4,6-9,12H,5,10-11,13H2,1-2H3,(H,20,25)(H,21,24). The van der Waals surface area contributed by atoms with Gasteiger partial charge in [0.15, 0.2) is 5.76 Å². The Bertz CT molecular complexity index is 756. The van der Waals surface area contributed by atoms with Gasteiger partial charge in [-0.05, 0) is 30.2 Å². The van der Waals surface area contributed by atoms with Gasteiger partial charge in [-0.2, -0.15) is 0 Å². The maximum atomic E-state index is 12.1. The first-order valence-electron chi connectivity index (χ1n) is 8.38. The minimum Gasteiger partial charge on any atom is -0.459 e. The highest BCUT2D eigenvalue weighted by molar-refractivity contribution is 5.92. The molecule has 0 aliphatic carbocycles. The summed E-state index contributed by atoms with van der Waals surface area (Å²) in [5, 5.41) is 5.56. The number of rotatable bonds is 8. The molecule has 7 heteroatoms. The predicted octanol–water partition coefficient (Wildman–Crippen LogP) is 2.41. The molecule has 2 N–H and O–H groups in total. The van der Waals surface area contributed by atoms with Crippen LogP contribution in [0.25, 0.3) is 0 Å². The molecule has 7 nitrogen and oxygen atoms in total.